The van der Waals surface area contributed by atoms with E-state index in [9.17, 15) is 4.79 Å². The summed E-state index contributed by atoms with van der Waals surface area (Å²) in [7, 11) is 1.68. The summed E-state index contributed by atoms with van der Waals surface area (Å²) in [6.07, 6.45) is 4.39. The Kier molecular flexibility index (Phi) is 7.94. The molecule has 0 aliphatic rings. The summed E-state index contributed by atoms with van der Waals surface area (Å²) >= 11 is 0. The molecule has 0 bridgehead atoms. The van der Waals surface area contributed by atoms with E-state index < -0.39 is 0 Å². The Labute approximate surface area is 157 Å². The van der Waals surface area contributed by atoms with Gasteiger partial charge in [0.1, 0.15) is 5.75 Å². The van der Waals surface area contributed by atoms with Crippen molar-refractivity contribution < 1.29 is 9.53 Å². The number of nitrogens with one attached hydrogen (secondary N) is 1. The number of methoxy groups -OCH3 is 1. The third-order valence-corrected chi connectivity index (χ3v) is 4.54. The first-order valence-corrected chi connectivity index (χ1v) is 9.16. The van der Waals surface area contributed by atoms with Crippen LogP contribution in [0, 0.1) is 11.8 Å². The number of benzene rings is 2. The zero-order valence-electron chi connectivity index (χ0n) is 15.8. The molecule has 0 saturated heterocycles. The fraction of sp³-hybridized carbons (Fsp3) is 0.348. The van der Waals surface area contributed by atoms with Crippen LogP contribution in [-0.4, -0.2) is 13.0 Å². The molecular weight excluding hydrogens is 322 g/mol. The van der Waals surface area contributed by atoms with E-state index in [1.54, 1.807) is 7.11 Å². The first kappa shape index (κ1) is 19.8. The van der Waals surface area contributed by atoms with Crippen LogP contribution in [0.4, 0.5) is 0 Å². The van der Waals surface area contributed by atoms with Gasteiger partial charge in [0.15, 0.2) is 0 Å². The molecule has 2 atom stereocenters. The lowest BCUT2D eigenvalue weighted by Gasteiger charge is -2.18. The number of hydrogen-bond donors (Lipinski definition) is 1. The van der Waals surface area contributed by atoms with Crippen LogP contribution in [0.15, 0.2) is 67.3 Å². The second-order valence-corrected chi connectivity index (χ2v) is 6.86. The standard InChI is InChI=1S/C23H29NO2/c1-4-19(15-21-11-8-12-22(16-21)26-3)13-18(2)14-23(25)24-17-20-9-6-5-7-10-20/h4-12,16,18-19H,1,13-15,17H2,2-3H3,(H,24,25)/t18-,19+/m1/s1. The monoisotopic (exact) mass is 351 g/mol. The normalized spacial score (nSPS) is 12.8. The molecular formula is C23H29NO2. The average Bonchev–Trinajstić information content (AvgIpc) is 2.66. The maximum Gasteiger partial charge on any atom is 0.220 e. The Morgan fingerprint density at radius 2 is 1.88 bits per heavy atom. The number of amides is 1. The Bertz CT molecular complexity index is 696. The molecule has 2 rings (SSSR count). The highest BCUT2D eigenvalue weighted by molar-refractivity contribution is 5.76. The molecule has 0 saturated carbocycles. The number of rotatable bonds is 10. The molecule has 3 nitrogen and oxygen atoms in total. The zero-order valence-corrected chi connectivity index (χ0v) is 15.8. The lowest BCUT2D eigenvalue weighted by Crippen LogP contribution is -2.25. The minimum atomic E-state index is 0.102. The molecule has 138 valence electrons. The number of carbonyl (C=O) groups is 1. The maximum absolute atomic E-state index is 12.2. The highest BCUT2D eigenvalue weighted by atomic mass is 16.5. The number of hydrogen-bond acceptors (Lipinski definition) is 2. The van der Waals surface area contributed by atoms with Gasteiger partial charge in [-0.2, -0.15) is 0 Å². The second-order valence-electron chi connectivity index (χ2n) is 6.86. The molecule has 0 heterocycles. The number of allylic oxidation sites excluding steroid dienone is 1. The lowest BCUT2D eigenvalue weighted by atomic mass is 9.88. The topological polar surface area (TPSA) is 38.3 Å². The van der Waals surface area contributed by atoms with Crippen molar-refractivity contribution in [3.63, 3.8) is 0 Å². The van der Waals surface area contributed by atoms with Gasteiger partial charge in [0.25, 0.3) is 0 Å². The molecule has 1 amide bonds. The van der Waals surface area contributed by atoms with E-state index in [1.807, 2.05) is 48.5 Å². The van der Waals surface area contributed by atoms with Crippen LogP contribution in [0.1, 0.15) is 30.9 Å². The zero-order chi connectivity index (χ0) is 18.8. The van der Waals surface area contributed by atoms with E-state index >= 15 is 0 Å². The predicted octanol–water partition coefficient (Wildman–Crippen LogP) is 4.77. The van der Waals surface area contributed by atoms with Crippen LogP contribution >= 0.6 is 0 Å². The second kappa shape index (κ2) is 10.4. The first-order chi connectivity index (χ1) is 12.6. The van der Waals surface area contributed by atoms with E-state index in [2.05, 4.69) is 31.0 Å². The van der Waals surface area contributed by atoms with Gasteiger partial charge in [0.05, 0.1) is 7.11 Å². The molecule has 0 unspecified atom stereocenters. The van der Waals surface area contributed by atoms with Gasteiger partial charge in [0.2, 0.25) is 5.91 Å². The van der Waals surface area contributed by atoms with Crippen LogP contribution < -0.4 is 10.1 Å². The van der Waals surface area contributed by atoms with Crippen molar-refractivity contribution in [2.75, 3.05) is 7.11 Å². The fourth-order valence-corrected chi connectivity index (χ4v) is 3.15. The Morgan fingerprint density at radius 1 is 1.15 bits per heavy atom. The van der Waals surface area contributed by atoms with E-state index in [-0.39, 0.29) is 5.91 Å². The summed E-state index contributed by atoms with van der Waals surface area (Å²) < 4.78 is 5.29. The Balaban J connectivity index is 1.79. The van der Waals surface area contributed by atoms with Gasteiger partial charge in [-0.1, -0.05) is 55.5 Å². The number of ether oxygens (including phenoxy) is 1. The summed E-state index contributed by atoms with van der Waals surface area (Å²) in [6.45, 7) is 6.69. The Hall–Kier alpha value is -2.55. The lowest BCUT2D eigenvalue weighted by molar-refractivity contribution is -0.122. The highest BCUT2D eigenvalue weighted by Crippen LogP contribution is 2.22. The number of carbonyl (C=O) groups excluding carboxylic acids is 1. The first-order valence-electron chi connectivity index (χ1n) is 9.16. The average molecular weight is 351 g/mol. The largest absolute Gasteiger partial charge is 0.497 e. The van der Waals surface area contributed by atoms with Crippen LogP contribution in [0.3, 0.4) is 0 Å². The SMILES string of the molecule is C=C[C@H](Cc1cccc(OC)c1)C[C@@H](C)CC(=O)NCc1ccccc1. The maximum atomic E-state index is 12.2. The van der Waals surface area contributed by atoms with Crippen molar-refractivity contribution in [3.05, 3.63) is 78.4 Å². The third-order valence-electron chi connectivity index (χ3n) is 4.54. The molecule has 0 aliphatic carbocycles. The van der Waals surface area contributed by atoms with Crippen LogP contribution in [-0.2, 0) is 17.8 Å². The molecule has 0 fully saturated rings. The van der Waals surface area contributed by atoms with Gasteiger partial charge in [-0.15, -0.1) is 6.58 Å². The van der Waals surface area contributed by atoms with Crippen molar-refractivity contribution >= 4 is 5.91 Å². The molecule has 1 N–H and O–H groups in total. The van der Waals surface area contributed by atoms with E-state index in [0.29, 0.717) is 24.8 Å². The van der Waals surface area contributed by atoms with Gasteiger partial charge < -0.3 is 10.1 Å². The van der Waals surface area contributed by atoms with Gasteiger partial charge in [0, 0.05) is 13.0 Å². The van der Waals surface area contributed by atoms with Crippen molar-refractivity contribution in [1.29, 1.82) is 0 Å². The van der Waals surface area contributed by atoms with Crippen molar-refractivity contribution in [2.45, 2.75) is 32.7 Å². The summed E-state index contributed by atoms with van der Waals surface area (Å²) in [6, 6.07) is 18.1. The summed E-state index contributed by atoms with van der Waals surface area (Å²) in [5.74, 6) is 1.63. The third kappa shape index (κ3) is 6.75. The molecule has 2 aromatic rings. The molecule has 0 radical (unpaired) electrons. The quantitative estimate of drug-likeness (QED) is 0.626. The van der Waals surface area contributed by atoms with E-state index in [0.717, 1.165) is 24.2 Å². The minimum Gasteiger partial charge on any atom is -0.497 e. The van der Waals surface area contributed by atoms with E-state index in [4.69, 9.17) is 4.74 Å². The van der Waals surface area contributed by atoms with Crippen molar-refractivity contribution in [2.24, 2.45) is 11.8 Å². The molecule has 0 aliphatic heterocycles. The van der Waals surface area contributed by atoms with Gasteiger partial charge in [-0.25, -0.2) is 0 Å². The van der Waals surface area contributed by atoms with Crippen LogP contribution in [0.2, 0.25) is 0 Å². The van der Waals surface area contributed by atoms with Crippen LogP contribution in [0.5, 0.6) is 5.75 Å². The summed E-state index contributed by atoms with van der Waals surface area (Å²) in [5.41, 5.74) is 2.35. The van der Waals surface area contributed by atoms with Crippen LogP contribution in [0.25, 0.3) is 0 Å². The van der Waals surface area contributed by atoms with Gasteiger partial charge in [-0.05, 0) is 47.9 Å². The molecule has 0 spiro atoms. The molecule has 2 aromatic carbocycles. The predicted molar refractivity (Wildman–Crippen MR) is 107 cm³/mol. The highest BCUT2D eigenvalue weighted by Gasteiger charge is 2.15. The summed E-state index contributed by atoms with van der Waals surface area (Å²) in [5, 5.41) is 3.00. The smallest absolute Gasteiger partial charge is 0.220 e. The molecule has 3 heteroatoms. The molecule has 26 heavy (non-hydrogen) atoms. The summed E-state index contributed by atoms with van der Waals surface area (Å²) in [4.78, 5) is 12.2. The van der Waals surface area contributed by atoms with Crippen molar-refractivity contribution in [3.8, 4) is 5.75 Å². The fourth-order valence-electron chi connectivity index (χ4n) is 3.15. The van der Waals surface area contributed by atoms with Crippen molar-refractivity contribution in [1.82, 2.24) is 5.32 Å². The molecule has 0 aromatic heterocycles. The Morgan fingerprint density at radius 3 is 2.58 bits per heavy atom. The van der Waals surface area contributed by atoms with Gasteiger partial charge in [-0.3, -0.25) is 4.79 Å². The van der Waals surface area contributed by atoms with E-state index in [1.165, 1.54) is 5.56 Å². The minimum absolute atomic E-state index is 0.102. The van der Waals surface area contributed by atoms with Gasteiger partial charge >= 0.3 is 0 Å².